The molecule has 4 rings (SSSR count). The molecule has 0 radical (unpaired) electrons. The first kappa shape index (κ1) is 26.5. The van der Waals surface area contributed by atoms with Gasteiger partial charge in [0.2, 0.25) is 0 Å². The first-order chi connectivity index (χ1) is 16.0. The lowest BCUT2D eigenvalue weighted by molar-refractivity contribution is -0.271. The van der Waals surface area contributed by atoms with Crippen molar-refractivity contribution in [3.63, 3.8) is 0 Å². The number of carbonyl (C=O) groups is 1. The van der Waals surface area contributed by atoms with Crippen molar-refractivity contribution in [3.05, 3.63) is 0 Å². The van der Waals surface area contributed by atoms with E-state index in [1.807, 2.05) is 0 Å². The van der Waals surface area contributed by atoms with Crippen LogP contribution in [0.1, 0.15) is 112 Å². The van der Waals surface area contributed by atoms with Gasteiger partial charge in [0.1, 0.15) is 6.10 Å². The lowest BCUT2D eigenvalue weighted by Gasteiger charge is -2.66. The number of fused-ring (bicyclic) bond motifs is 5. The van der Waals surface area contributed by atoms with Gasteiger partial charge in [-0.2, -0.15) is 0 Å². The molecule has 0 aliphatic heterocycles. The third kappa shape index (κ3) is 4.27. The average Bonchev–Trinajstić information content (AvgIpc) is 3.11. The molecule has 0 amide bonds. The van der Waals surface area contributed by atoms with Gasteiger partial charge in [-0.25, -0.2) is 0 Å². The van der Waals surface area contributed by atoms with Gasteiger partial charge < -0.3 is 14.6 Å². The molecule has 0 heterocycles. The highest BCUT2D eigenvalue weighted by Crippen LogP contribution is 2.69. The summed E-state index contributed by atoms with van der Waals surface area (Å²) in [7, 11) is 1.77. The van der Waals surface area contributed by atoms with Gasteiger partial charge >= 0.3 is 5.97 Å². The van der Waals surface area contributed by atoms with E-state index in [9.17, 15) is 9.90 Å². The highest BCUT2D eigenvalue weighted by atomic mass is 16.5. The lowest BCUT2D eigenvalue weighted by atomic mass is 9.42. The summed E-state index contributed by atoms with van der Waals surface area (Å²) in [5.74, 6) is 4.11. The number of methoxy groups -OCH3 is 1. The number of carbonyl (C=O) groups excluding carboxylic acids is 1. The third-order valence-electron chi connectivity index (χ3n) is 11.6. The highest BCUT2D eigenvalue weighted by molar-refractivity contribution is 5.66. The molecule has 0 aromatic heterocycles. The van der Waals surface area contributed by atoms with Gasteiger partial charge in [0.25, 0.3) is 0 Å². The minimum Gasteiger partial charge on any atom is -0.462 e. The van der Waals surface area contributed by atoms with E-state index in [0.29, 0.717) is 23.7 Å². The second-order valence-corrected chi connectivity index (χ2v) is 13.7. The van der Waals surface area contributed by atoms with Crippen LogP contribution in [-0.4, -0.2) is 36.0 Å². The quantitative estimate of drug-likeness (QED) is 0.412. The van der Waals surface area contributed by atoms with Crippen LogP contribution in [0.3, 0.4) is 0 Å². The first-order valence-corrected chi connectivity index (χ1v) is 14.4. The van der Waals surface area contributed by atoms with Crippen molar-refractivity contribution >= 4 is 5.97 Å². The van der Waals surface area contributed by atoms with Crippen molar-refractivity contribution in [2.24, 2.45) is 46.3 Å². The SMILES string of the molecule is CO[C@@H]1C[C@@H]2[C@@H]3CC[C@H]([C@H](C)CCCC(C)C)[C@]3(C)CC[C@@H]2[C@]2(C)CC[C@H](OC(C)=O)C[C@]12O. The van der Waals surface area contributed by atoms with Gasteiger partial charge in [-0.3, -0.25) is 4.79 Å². The fourth-order valence-electron chi connectivity index (χ4n) is 9.87. The molecule has 10 atom stereocenters. The fourth-order valence-corrected chi connectivity index (χ4v) is 9.87. The summed E-state index contributed by atoms with van der Waals surface area (Å²) in [4.78, 5) is 11.6. The Bertz CT molecular complexity index is 735. The molecule has 4 fully saturated rings. The zero-order valence-electron chi connectivity index (χ0n) is 23.1. The molecule has 4 aliphatic rings. The van der Waals surface area contributed by atoms with Gasteiger partial charge in [-0.15, -0.1) is 0 Å². The van der Waals surface area contributed by atoms with E-state index in [2.05, 4.69) is 34.6 Å². The molecule has 4 nitrogen and oxygen atoms in total. The number of esters is 1. The maximum atomic E-state index is 12.2. The molecular weight excluding hydrogens is 424 g/mol. The Morgan fingerprint density at radius 2 is 1.76 bits per heavy atom. The minimum atomic E-state index is -0.919. The first-order valence-electron chi connectivity index (χ1n) is 14.4. The van der Waals surface area contributed by atoms with Crippen molar-refractivity contribution in [2.75, 3.05) is 7.11 Å². The summed E-state index contributed by atoms with van der Waals surface area (Å²) >= 11 is 0. The summed E-state index contributed by atoms with van der Waals surface area (Å²) in [5.41, 5.74) is -0.663. The number of hydrogen-bond donors (Lipinski definition) is 1. The number of aliphatic hydroxyl groups is 1. The minimum absolute atomic E-state index is 0.171. The molecule has 1 N–H and O–H groups in total. The molecule has 4 aliphatic carbocycles. The smallest absolute Gasteiger partial charge is 0.302 e. The average molecular weight is 477 g/mol. The van der Waals surface area contributed by atoms with Crippen LogP contribution < -0.4 is 0 Å². The Morgan fingerprint density at radius 1 is 1.03 bits per heavy atom. The second kappa shape index (κ2) is 9.69. The van der Waals surface area contributed by atoms with E-state index in [-0.39, 0.29) is 23.6 Å². The maximum absolute atomic E-state index is 12.2. The van der Waals surface area contributed by atoms with Crippen LogP contribution in [0.15, 0.2) is 0 Å². The Balaban J connectivity index is 1.54. The lowest BCUT2D eigenvalue weighted by Crippen LogP contribution is -2.69. The fraction of sp³-hybridized carbons (Fsp3) is 0.967. The van der Waals surface area contributed by atoms with Crippen LogP contribution in [0.25, 0.3) is 0 Å². The topological polar surface area (TPSA) is 55.8 Å². The van der Waals surface area contributed by atoms with Crippen LogP contribution in [0.2, 0.25) is 0 Å². The summed E-state index contributed by atoms with van der Waals surface area (Å²) in [6.07, 6.45) is 12.2. The van der Waals surface area contributed by atoms with Crippen LogP contribution in [0.5, 0.6) is 0 Å². The van der Waals surface area contributed by atoms with Gasteiger partial charge in [-0.1, -0.05) is 53.9 Å². The van der Waals surface area contributed by atoms with Crippen molar-refractivity contribution in [1.82, 2.24) is 0 Å². The Labute approximate surface area is 208 Å². The van der Waals surface area contributed by atoms with Crippen molar-refractivity contribution in [1.29, 1.82) is 0 Å². The molecule has 0 spiro atoms. The molecule has 0 saturated heterocycles. The molecular formula is C30H52O4. The summed E-state index contributed by atoms with van der Waals surface area (Å²) in [6, 6.07) is 0. The predicted molar refractivity (Wildman–Crippen MR) is 136 cm³/mol. The van der Waals surface area contributed by atoms with Crippen LogP contribution in [0.4, 0.5) is 0 Å². The Hall–Kier alpha value is -0.610. The second-order valence-electron chi connectivity index (χ2n) is 13.7. The number of rotatable bonds is 7. The van der Waals surface area contributed by atoms with Gasteiger partial charge in [0.15, 0.2) is 0 Å². The molecule has 4 saturated carbocycles. The van der Waals surface area contributed by atoms with Gasteiger partial charge in [0.05, 0.1) is 11.7 Å². The van der Waals surface area contributed by atoms with Crippen LogP contribution >= 0.6 is 0 Å². The zero-order valence-corrected chi connectivity index (χ0v) is 23.1. The van der Waals surface area contributed by atoms with Crippen molar-refractivity contribution in [3.8, 4) is 0 Å². The maximum Gasteiger partial charge on any atom is 0.302 e. The van der Waals surface area contributed by atoms with E-state index in [0.717, 1.165) is 42.9 Å². The van der Waals surface area contributed by atoms with Crippen molar-refractivity contribution in [2.45, 2.75) is 130 Å². The molecule has 0 aromatic rings. The normalized spacial score (nSPS) is 47.0. The standard InChI is InChI=1S/C30H52O4/c1-19(2)9-8-10-20(3)24-11-12-25-23-17-27(33-7)30(32)18-22(34-21(4)31)13-16-29(30,6)26(23)14-15-28(24,25)5/h19-20,22-27,32H,8-18H2,1-7H3/t20-,22+,23-,24-,25+,26+,27-,28+,29+,30+/m1/s1. The van der Waals surface area contributed by atoms with Gasteiger partial charge in [0, 0.05) is 25.9 Å². The number of ether oxygens (including phenoxy) is 2. The van der Waals surface area contributed by atoms with E-state index >= 15 is 0 Å². The van der Waals surface area contributed by atoms with E-state index < -0.39 is 5.60 Å². The predicted octanol–water partition coefficient (Wildman–Crippen LogP) is 6.78. The molecule has 34 heavy (non-hydrogen) atoms. The van der Waals surface area contributed by atoms with E-state index in [1.165, 1.54) is 51.9 Å². The zero-order chi connectivity index (χ0) is 24.9. The Kier molecular flexibility index (Phi) is 7.54. The summed E-state index contributed by atoms with van der Waals surface area (Å²) < 4.78 is 11.7. The van der Waals surface area contributed by atoms with Crippen LogP contribution in [-0.2, 0) is 14.3 Å². The molecule has 0 unspecified atom stereocenters. The number of hydrogen-bond acceptors (Lipinski definition) is 4. The molecule has 4 heteroatoms. The molecule has 0 bridgehead atoms. The highest BCUT2D eigenvalue weighted by Gasteiger charge is 2.68. The van der Waals surface area contributed by atoms with Crippen molar-refractivity contribution < 1.29 is 19.4 Å². The monoisotopic (exact) mass is 476 g/mol. The Morgan fingerprint density at radius 3 is 2.41 bits per heavy atom. The summed E-state index contributed by atoms with van der Waals surface area (Å²) in [5, 5.41) is 12.2. The molecule has 0 aromatic carbocycles. The van der Waals surface area contributed by atoms with E-state index in [1.54, 1.807) is 7.11 Å². The largest absolute Gasteiger partial charge is 0.462 e. The summed E-state index contributed by atoms with van der Waals surface area (Å²) in [6.45, 7) is 13.6. The molecule has 196 valence electrons. The van der Waals surface area contributed by atoms with E-state index in [4.69, 9.17) is 9.47 Å². The van der Waals surface area contributed by atoms with Gasteiger partial charge in [-0.05, 0) is 85.9 Å². The third-order valence-corrected chi connectivity index (χ3v) is 11.6. The van der Waals surface area contributed by atoms with Crippen LogP contribution in [0, 0.1) is 46.3 Å².